The van der Waals surface area contributed by atoms with Gasteiger partial charge in [-0.15, -0.1) is 0 Å². The summed E-state index contributed by atoms with van der Waals surface area (Å²) < 4.78 is 16.0. The van der Waals surface area contributed by atoms with Crippen molar-refractivity contribution in [2.45, 2.75) is 83.4 Å². The third-order valence-corrected chi connectivity index (χ3v) is 9.13. The summed E-state index contributed by atoms with van der Waals surface area (Å²) in [4.78, 5) is 28.0. The highest BCUT2D eigenvalue weighted by atomic mass is 19.1. The number of benzene rings is 2. The van der Waals surface area contributed by atoms with Gasteiger partial charge < -0.3 is 14.7 Å². The topological polar surface area (TPSA) is 115 Å². The van der Waals surface area contributed by atoms with Crippen molar-refractivity contribution in [3.8, 4) is 0 Å². The fraction of sp³-hybridized carbons (Fsp3) is 0.500. The summed E-state index contributed by atoms with van der Waals surface area (Å²) in [6, 6.07) is 12.2. The molecule has 0 spiro atoms. The molecule has 2 fully saturated rings. The van der Waals surface area contributed by atoms with Crippen molar-refractivity contribution in [3.63, 3.8) is 0 Å². The van der Waals surface area contributed by atoms with Crippen LogP contribution in [0.2, 0.25) is 0 Å². The molecule has 42 heavy (non-hydrogen) atoms. The molecule has 6 rings (SSSR count). The number of carbonyl (C=O) groups excluding carboxylic acids is 1. The molecular formula is C32H40FN7O2. The van der Waals surface area contributed by atoms with E-state index in [0.29, 0.717) is 17.5 Å². The fourth-order valence-corrected chi connectivity index (χ4v) is 6.72. The van der Waals surface area contributed by atoms with Crippen LogP contribution in [-0.4, -0.2) is 59.3 Å². The Kier molecular flexibility index (Phi) is 7.85. The monoisotopic (exact) mass is 573 g/mol. The number of aliphatic hydroxyl groups is 1. The maximum atomic E-state index is 13.9. The molecule has 0 bridgehead atoms. The number of aryl methyl sites for hydroxylation is 1. The number of likely N-dealkylation sites (tertiary alicyclic amines) is 1. The molecule has 1 aliphatic carbocycles. The van der Waals surface area contributed by atoms with Gasteiger partial charge in [-0.1, -0.05) is 12.1 Å². The van der Waals surface area contributed by atoms with E-state index in [9.17, 15) is 14.3 Å². The number of imidazole rings is 1. The lowest BCUT2D eigenvalue weighted by Crippen LogP contribution is -2.41. The van der Waals surface area contributed by atoms with E-state index in [1.54, 1.807) is 6.07 Å². The SMILES string of the molecule is Cc1n[nH]c([C@H]2CC[C@@H](n3/c(=N/C(=O)c4cccc(F)c4)[nH]c4ccc(CN5CCC(C(C)(C)O)CC5)cc43)CC2)n1. The molecule has 2 aromatic carbocycles. The minimum Gasteiger partial charge on any atom is -0.390 e. The van der Waals surface area contributed by atoms with Crippen molar-refractivity contribution in [3.05, 3.63) is 76.7 Å². The third kappa shape index (κ3) is 6.10. The number of piperidine rings is 1. The second-order valence-electron chi connectivity index (χ2n) is 12.6. The second-order valence-corrected chi connectivity index (χ2v) is 12.6. The number of halogens is 1. The van der Waals surface area contributed by atoms with Crippen molar-refractivity contribution in [2.75, 3.05) is 13.1 Å². The van der Waals surface area contributed by atoms with Crippen LogP contribution < -0.4 is 5.62 Å². The van der Waals surface area contributed by atoms with Crippen molar-refractivity contribution in [2.24, 2.45) is 10.9 Å². The largest absolute Gasteiger partial charge is 0.390 e. The molecule has 1 aliphatic heterocycles. The number of aromatic amines is 2. The van der Waals surface area contributed by atoms with Gasteiger partial charge in [-0.25, -0.2) is 9.37 Å². The maximum absolute atomic E-state index is 13.9. The van der Waals surface area contributed by atoms with Crippen LogP contribution in [0.5, 0.6) is 0 Å². The Balaban J connectivity index is 1.30. The first-order valence-electron chi connectivity index (χ1n) is 15.1. The Hall–Kier alpha value is -3.63. The van der Waals surface area contributed by atoms with Crippen molar-refractivity contribution in [1.82, 2.24) is 29.6 Å². The summed E-state index contributed by atoms with van der Waals surface area (Å²) in [7, 11) is 0. The number of aromatic nitrogens is 5. The van der Waals surface area contributed by atoms with E-state index >= 15 is 0 Å². The van der Waals surface area contributed by atoms with E-state index in [1.165, 1.54) is 23.8 Å². The van der Waals surface area contributed by atoms with Crippen LogP contribution in [0, 0.1) is 18.7 Å². The molecule has 222 valence electrons. The van der Waals surface area contributed by atoms with Crippen LogP contribution in [-0.2, 0) is 6.54 Å². The van der Waals surface area contributed by atoms with Crippen molar-refractivity contribution >= 4 is 16.9 Å². The average Bonchev–Trinajstić information content (AvgIpc) is 3.56. The standard InChI is InChI=1S/C32H40FN7O2/c1-20-34-29(38-37-20)22-8-10-26(11-9-22)40-28-17-21(19-39-15-13-24(14-16-39)32(2,3)42)7-12-27(28)35-31(40)36-30(41)23-5-4-6-25(33)18-23/h4-7,12,17-18,22,24,26,42H,8-11,13-16,19H2,1-3H3,(H,34,37,38)(H,35,36,41)/t22-,26+. The second kappa shape index (κ2) is 11.6. The van der Waals surface area contributed by atoms with Gasteiger partial charge in [-0.2, -0.15) is 10.1 Å². The van der Waals surface area contributed by atoms with Crippen LogP contribution in [0.4, 0.5) is 4.39 Å². The molecule has 2 aliphatic rings. The number of hydrogen-bond acceptors (Lipinski definition) is 5. The van der Waals surface area contributed by atoms with E-state index in [1.807, 2.05) is 20.8 Å². The minimum absolute atomic E-state index is 0.149. The quantitative estimate of drug-likeness (QED) is 0.295. The highest BCUT2D eigenvalue weighted by Crippen LogP contribution is 2.37. The van der Waals surface area contributed by atoms with Gasteiger partial charge in [0.05, 0.1) is 16.6 Å². The van der Waals surface area contributed by atoms with Crippen LogP contribution in [0.1, 0.15) is 91.9 Å². The summed E-state index contributed by atoms with van der Waals surface area (Å²) in [5.41, 5.74) is 3.20. The van der Waals surface area contributed by atoms with Gasteiger partial charge in [0.1, 0.15) is 17.5 Å². The Morgan fingerprint density at radius 3 is 2.52 bits per heavy atom. The first-order valence-corrected chi connectivity index (χ1v) is 15.1. The van der Waals surface area contributed by atoms with Crippen LogP contribution >= 0.6 is 0 Å². The zero-order valence-corrected chi connectivity index (χ0v) is 24.6. The molecule has 1 amide bonds. The predicted octanol–water partition coefficient (Wildman–Crippen LogP) is 5.16. The zero-order valence-electron chi connectivity index (χ0n) is 24.6. The fourth-order valence-electron chi connectivity index (χ4n) is 6.72. The van der Waals surface area contributed by atoms with Crippen LogP contribution in [0.15, 0.2) is 47.5 Å². The lowest BCUT2D eigenvalue weighted by Gasteiger charge is -2.37. The van der Waals surface area contributed by atoms with Gasteiger partial charge in [0.25, 0.3) is 5.91 Å². The number of amides is 1. The Morgan fingerprint density at radius 2 is 1.86 bits per heavy atom. The summed E-state index contributed by atoms with van der Waals surface area (Å²) in [6.07, 6.45) is 5.68. The summed E-state index contributed by atoms with van der Waals surface area (Å²) in [5.74, 6) is 1.40. The van der Waals surface area contributed by atoms with E-state index in [0.717, 1.165) is 80.8 Å². The van der Waals surface area contributed by atoms with E-state index in [2.05, 4.69) is 52.8 Å². The number of H-pyrrole nitrogens is 2. The Morgan fingerprint density at radius 1 is 1.10 bits per heavy atom. The van der Waals surface area contributed by atoms with Gasteiger partial charge in [0, 0.05) is 24.1 Å². The third-order valence-electron chi connectivity index (χ3n) is 9.13. The highest BCUT2D eigenvalue weighted by molar-refractivity contribution is 5.95. The molecule has 3 N–H and O–H groups in total. The number of carbonyl (C=O) groups is 1. The minimum atomic E-state index is -0.643. The Bertz CT molecular complexity index is 1630. The number of nitrogens with zero attached hydrogens (tertiary/aromatic N) is 5. The number of nitrogens with one attached hydrogen (secondary N) is 2. The van der Waals surface area contributed by atoms with E-state index in [4.69, 9.17) is 0 Å². The molecule has 9 nitrogen and oxygen atoms in total. The number of hydrogen-bond donors (Lipinski definition) is 3. The van der Waals surface area contributed by atoms with Crippen LogP contribution in [0.3, 0.4) is 0 Å². The lowest BCUT2D eigenvalue weighted by molar-refractivity contribution is -0.0136. The normalized spacial score (nSPS) is 21.3. The van der Waals surface area contributed by atoms with Crippen LogP contribution in [0.25, 0.3) is 11.0 Å². The van der Waals surface area contributed by atoms with Gasteiger partial charge in [-0.05, 0) is 114 Å². The van der Waals surface area contributed by atoms with Gasteiger partial charge in [0.15, 0.2) is 0 Å². The lowest BCUT2D eigenvalue weighted by atomic mass is 9.83. The first kappa shape index (κ1) is 28.5. The molecule has 10 heteroatoms. The summed E-state index contributed by atoms with van der Waals surface area (Å²) in [6.45, 7) is 8.44. The smallest absolute Gasteiger partial charge is 0.280 e. The maximum Gasteiger partial charge on any atom is 0.280 e. The molecule has 2 aromatic heterocycles. The van der Waals surface area contributed by atoms with E-state index < -0.39 is 17.3 Å². The summed E-state index contributed by atoms with van der Waals surface area (Å²) in [5, 5.41) is 17.7. The predicted molar refractivity (Wildman–Crippen MR) is 158 cm³/mol. The molecular weight excluding hydrogens is 533 g/mol. The van der Waals surface area contributed by atoms with Gasteiger partial charge in [0.2, 0.25) is 5.62 Å². The van der Waals surface area contributed by atoms with E-state index in [-0.39, 0.29) is 11.6 Å². The zero-order chi connectivity index (χ0) is 29.4. The molecule has 1 saturated heterocycles. The molecule has 1 saturated carbocycles. The van der Waals surface area contributed by atoms with Crippen molar-refractivity contribution < 1.29 is 14.3 Å². The first-order chi connectivity index (χ1) is 20.1. The number of fused-ring (bicyclic) bond motifs is 1. The average molecular weight is 574 g/mol. The Labute approximate surface area is 244 Å². The van der Waals surface area contributed by atoms with Crippen molar-refractivity contribution in [1.29, 1.82) is 0 Å². The van der Waals surface area contributed by atoms with Gasteiger partial charge >= 0.3 is 0 Å². The molecule has 0 atom stereocenters. The van der Waals surface area contributed by atoms with Gasteiger partial charge in [-0.3, -0.25) is 14.8 Å². The highest BCUT2D eigenvalue weighted by Gasteiger charge is 2.31. The molecule has 0 unspecified atom stereocenters. The molecule has 3 heterocycles. The number of rotatable bonds is 6. The molecule has 0 radical (unpaired) electrons. The summed E-state index contributed by atoms with van der Waals surface area (Å²) >= 11 is 0. The molecule has 4 aromatic rings.